The monoisotopic (exact) mass is 446 g/mol. The summed E-state index contributed by atoms with van der Waals surface area (Å²) in [4.78, 5) is 2.49. The molecule has 1 aromatic carbocycles. The van der Waals surface area contributed by atoms with Gasteiger partial charge in [-0.25, -0.2) is 0 Å². The van der Waals surface area contributed by atoms with Gasteiger partial charge in [-0.2, -0.15) is 0 Å². The number of likely N-dealkylation sites (tertiary alicyclic amines) is 1. The number of rotatable bonds is 7. The Labute approximate surface area is 187 Å². The highest BCUT2D eigenvalue weighted by atomic mass is 35.5. The molecule has 2 saturated carbocycles. The normalized spacial score (nSPS) is 26.4. The van der Waals surface area contributed by atoms with Crippen LogP contribution in [-0.2, 0) is 11.3 Å². The zero-order valence-corrected chi connectivity index (χ0v) is 18.8. The number of nitrogens with two attached hydrogens (primary N) is 1. The minimum atomic E-state index is -0.217. The number of hydrogen-bond acceptors (Lipinski definition) is 5. The van der Waals surface area contributed by atoms with Gasteiger partial charge in [0.05, 0.1) is 24.9 Å². The van der Waals surface area contributed by atoms with Crippen LogP contribution in [0.5, 0.6) is 5.75 Å². The summed E-state index contributed by atoms with van der Waals surface area (Å²) >= 11 is 0. The van der Waals surface area contributed by atoms with Crippen molar-refractivity contribution in [2.45, 2.75) is 69.8 Å². The Morgan fingerprint density at radius 1 is 1.14 bits per heavy atom. The molecule has 0 aromatic heterocycles. The molecule has 2 aliphatic carbocycles. The van der Waals surface area contributed by atoms with Crippen molar-refractivity contribution in [2.75, 3.05) is 26.2 Å². The highest BCUT2D eigenvalue weighted by Crippen LogP contribution is 2.51. The molecule has 3 fully saturated rings. The Balaban J connectivity index is 0.00000150. The fourth-order valence-corrected chi connectivity index (χ4v) is 5.13. The Morgan fingerprint density at radius 2 is 1.86 bits per heavy atom. The van der Waals surface area contributed by atoms with E-state index in [0.717, 1.165) is 44.6 Å². The third-order valence-electron chi connectivity index (χ3n) is 6.88. The molecule has 3 N–H and O–H groups in total. The van der Waals surface area contributed by atoms with Gasteiger partial charge in [-0.1, -0.05) is 12.1 Å². The summed E-state index contributed by atoms with van der Waals surface area (Å²) in [5.41, 5.74) is 6.84. The van der Waals surface area contributed by atoms with Gasteiger partial charge in [0.25, 0.3) is 0 Å². The summed E-state index contributed by atoms with van der Waals surface area (Å²) < 4.78 is 12.1. The lowest BCUT2D eigenvalue weighted by atomic mass is 9.58. The number of aliphatic hydroxyl groups is 1. The smallest absolute Gasteiger partial charge is 0.120 e. The molecular weight excluding hydrogens is 411 g/mol. The molecule has 1 heterocycles. The molecule has 7 heteroatoms. The van der Waals surface area contributed by atoms with Crippen molar-refractivity contribution in [1.82, 2.24) is 4.90 Å². The first kappa shape index (κ1) is 24.7. The van der Waals surface area contributed by atoms with Gasteiger partial charge in [-0.15, -0.1) is 24.8 Å². The average molecular weight is 447 g/mol. The van der Waals surface area contributed by atoms with Crippen LogP contribution < -0.4 is 10.5 Å². The maximum atomic E-state index is 10.4. The van der Waals surface area contributed by atoms with E-state index in [1.807, 2.05) is 0 Å². The molecule has 4 rings (SSSR count). The van der Waals surface area contributed by atoms with E-state index >= 15 is 0 Å². The fourth-order valence-electron chi connectivity index (χ4n) is 5.13. The number of halogens is 2. The molecular formula is C22H36Cl2N2O3. The molecule has 1 spiro atoms. The van der Waals surface area contributed by atoms with Crippen molar-refractivity contribution in [1.29, 1.82) is 0 Å². The van der Waals surface area contributed by atoms with Crippen molar-refractivity contribution >= 4 is 24.8 Å². The van der Waals surface area contributed by atoms with Crippen LogP contribution in [0.4, 0.5) is 0 Å². The van der Waals surface area contributed by atoms with Gasteiger partial charge < -0.3 is 20.3 Å². The number of hydrogen-bond donors (Lipinski definition) is 2. The molecule has 29 heavy (non-hydrogen) atoms. The SMILES string of the molecule is Cl.Cl.NCCO[C@H]1C[C@@H](O)C12CCN(Cc1cccc(OC3CCCC3)c1)CC2. The van der Waals surface area contributed by atoms with Crippen molar-refractivity contribution < 1.29 is 14.6 Å². The molecule has 1 aliphatic heterocycles. The van der Waals surface area contributed by atoms with E-state index in [-0.39, 0.29) is 42.4 Å². The number of aliphatic hydroxyl groups excluding tert-OH is 1. The maximum Gasteiger partial charge on any atom is 0.120 e. The van der Waals surface area contributed by atoms with Gasteiger partial charge in [0, 0.05) is 24.9 Å². The molecule has 0 amide bonds. The van der Waals surface area contributed by atoms with Gasteiger partial charge in [-0.3, -0.25) is 4.90 Å². The van der Waals surface area contributed by atoms with Crippen LogP contribution in [0.2, 0.25) is 0 Å². The average Bonchev–Trinajstić information content (AvgIpc) is 3.19. The zero-order valence-electron chi connectivity index (χ0n) is 17.1. The van der Waals surface area contributed by atoms with E-state index in [9.17, 15) is 5.11 Å². The van der Waals surface area contributed by atoms with E-state index in [0.29, 0.717) is 19.3 Å². The number of nitrogens with zero attached hydrogens (tertiary/aromatic N) is 1. The predicted octanol–water partition coefficient (Wildman–Crippen LogP) is 3.54. The zero-order chi connectivity index (χ0) is 18.7. The van der Waals surface area contributed by atoms with Crippen molar-refractivity contribution in [3.8, 4) is 5.75 Å². The minimum Gasteiger partial charge on any atom is -0.490 e. The number of piperidine rings is 1. The lowest BCUT2D eigenvalue weighted by molar-refractivity contribution is -0.210. The molecule has 2 atom stereocenters. The van der Waals surface area contributed by atoms with E-state index < -0.39 is 0 Å². The fraction of sp³-hybridized carbons (Fsp3) is 0.727. The third-order valence-corrected chi connectivity index (χ3v) is 6.88. The van der Waals surface area contributed by atoms with E-state index in [2.05, 4.69) is 29.2 Å². The number of ether oxygens (including phenoxy) is 2. The van der Waals surface area contributed by atoms with Crippen LogP contribution in [0.25, 0.3) is 0 Å². The second-order valence-corrected chi connectivity index (χ2v) is 8.58. The van der Waals surface area contributed by atoms with Crippen LogP contribution in [0.1, 0.15) is 50.5 Å². The predicted molar refractivity (Wildman–Crippen MR) is 120 cm³/mol. The van der Waals surface area contributed by atoms with Gasteiger partial charge in [-0.05, 0) is 69.3 Å². The lowest BCUT2D eigenvalue weighted by Gasteiger charge is -2.56. The van der Waals surface area contributed by atoms with E-state index in [1.54, 1.807) is 0 Å². The number of benzene rings is 1. The lowest BCUT2D eigenvalue weighted by Crippen LogP contribution is -2.62. The summed E-state index contributed by atoms with van der Waals surface area (Å²) in [5, 5.41) is 10.4. The summed E-state index contributed by atoms with van der Waals surface area (Å²) in [6.07, 6.45) is 8.10. The third kappa shape index (κ3) is 5.57. The first-order chi connectivity index (χ1) is 13.2. The summed E-state index contributed by atoms with van der Waals surface area (Å²) in [6, 6.07) is 8.58. The Bertz CT molecular complexity index is 620. The largest absolute Gasteiger partial charge is 0.490 e. The van der Waals surface area contributed by atoms with Crippen LogP contribution in [0.15, 0.2) is 24.3 Å². The molecule has 0 radical (unpaired) electrons. The van der Waals surface area contributed by atoms with E-state index in [1.165, 1.54) is 31.2 Å². The van der Waals surface area contributed by atoms with Crippen LogP contribution in [0, 0.1) is 5.41 Å². The molecule has 0 bridgehead atoms. The van der Waals surface area contributed by atoms with Crippen LogP contribution in [-0.4, -0.2) is 54.6 Å². The van der Waals surface area contributed by atoms with Crippen LogP contribution >= 0.6 is 24.8 Å². The Kier molecular flexibility index (Phi) is 9.52. The van der Waals surface area contributed by atoms with Gasteiger partial charge in [0.2, 0.25) is 0 Å². The van der Waals surface area contributed by atoms with Crippen molar-refractivity contribution in [3.05, 3.63) is 29.8 Å². The molecule has 166 valence electrons. The highest BCUT2D eigenvalue weighted by molar-refractivity contribution is 5.85. The molecule has 1 aromatic rings. The second kappa shape index (κ2) is 11.2. The van der Waals surface area contributed by atoms with Crippen molar-refractivity contribution in [3.63, 3.8) is 0 Å². The summed E-state index contributed by atoms with van der Waals surface area (Å²) in [6.45, 7) is 4.10. The summed E-state index contributed by atoms with van der Waals surface area (Å²) in [5.74, 6) is 1.01. The molecule has 3 aliphatic rings. The van der Waals surface area contributed by atoms with Gasteiger partial charge in [0.1, 0.15) is 5.75 Å². The minimum absolute atomic E-state index is 0. The Hall–Kier alpha value is -0.560. The Morgan fingerprint density at radius 3 is 2.52 bits per heavy atom. The topological polar surface area (TPSA) is 68.0 Å². The molecule has 1 saturated heterocycles. The maximum absolute atomic E-state index is 10.4. The van der Waals surface area contributed by atoms with Crippen molar-refractivity contribution in [2.24, 2.45) is 11.1 Å². The summed E-state index contributed by atoms with van der Waals surface area (Å²) in [7, 11) is 0. The van der Waals surface area contributed by atoms with Crippen LogP contribution in [0.3, 0.4) is 0 Å². The molecule has 5 nitrogen and oxygen atoms in total. The molecule has 0 unspecified atom stereocenters. The van der Waals surface area contributed by atoms with Gasteiger partial charge >= 0.3 is 0 Å². The first-order valence-electron chi connectivity index (χ1n) is 10.7. The second-order valence-electron chi connectivity index (χ2n) is 8.58. The van der Waals surface area contributed by atoms with E-state index in [4.69, 9.17) is 15.2 Å². The quantitative estimate of drug-likeness (QED) is 0.669. The standard InChI is InChI=1S/C22H34N2O3.2ClH/c23-10-13-26-21-15-20(25)22(21)8-11-24(12-9-22)16-17-4-3-7-19(14-17)27-18-5-1-2-6-18;;/h3-4,7,14,18,20-21,25H,1-2,5-6,8-13,15-16,23H2;2*1H/t20-,21+;;/m1../s1. The van der Waals surface area contributed by atoms with Gasteiger partial charge in [0.15, 0.2) is 0 Å². The highest BCUT2D eigenvalue weighted by Gasteiger charge is 2.55. The first-order valence-corrected chi connectivity index (χ1v) is 10.7.